The Labute approximate surface area is 106 Å². The Morgan fingerprint density at radius 3 is 2.80 bits per heavy atom. The van der Waals surface area contributed by atoms with E-state index in [1.165, 1.54) is 0 Å². The summed E-state index contributed by atoms with van der Waals surface area (Å²) >= 11 is 5.85. The number of carbonyl (C=O) groups excluding carboxylic acids is 1. The SMILES string of the molecule is O=CCC1=CCC(OBr)=C(COBr)C=C1. The lowest BCUT2D eigenvalue weighted by Crippen LogP contribution is -1.94. The van der Waals surface area contributed by atoms with Crippen LogP contribution in [0, 0.1) is 0 Å². The van der Waals surface area contributed by atoms with Crippen LogP contribution in [0.2, 0.25) is 0 Å². The second-order valence-electron chi connectivity index (χ2n) is 2.97. The molecule has 0 amide bonds. The molecule has 15 heavy (non-hydrogen) atoms. The number of halogens is 2. The summed E-state index contributed by atoms with van der Waals surface area (Å²) in [6.45, 7) is 0.416. The molecule has 0 N–H and O–H groups in total. The zero-order valence-electron chi connectivity index (χ0n) is 7.91. The Balaban J connectivity index is 2.81. The maximum Gasteiger partial charge on any atom is 0.178 e. The van der Waals surface area contributed by atoms with Crippen molar-refractivity contribution in [2.75, 3.05) is 6.61 Å². The maximum absolute atomic E-state index is 10.4. The largest absolute Gasteiger partial charge is 0.422 e. The fraction of sp³-hybridized carbons (Fsp3) is 0.300. The van der Waals surface area contributed by atoms with Gasteiger partial charge in [-0.05, 0) is 5.57 Å². The monoisotopic (exact) mass is 336 g/mol. The van der Waals surface area contributed by atoms with E-state index in [-0.39, 0.29) is 0 Å². The summed E-state index contributed by atoms with van der Waals surface area (Å²) in [6, 6.07) is 0. The first-order valence-electron chi connectivity index (χ1n) is 4.36. The molecular weight excluding hydrogens is 328 g/mol. The maximum atomic E-state index is 10.4. The molecule has 0 heterocycles. The summed E-state index contributed by atoms with van der Waals surface area (Å²) < 4.78 is 9.94. The van der Waals surface area contributed by atoms with E-state index in [1.807, 2.05) is 18.2 Å². The van der Waals surface area contributed by atoms with Crippen molar-refractivity contribution < 1.29 is 12.5 Å². The molecule has 0 aliphatic heterocycles. The van der Waals surface area contributed by atoms with Crippen molar-refractivity contribution in [2.45, 2.75) is 12.8 Å². The van der Waals surface area contributed by atoms with Gasteiger partial charge in [-0.25, -0.2) is 0 Å². The summed E-state index contributed by atoms with van der Waals surface area (Å²) in [6.07, 6.45) is 7.70. The number of hydrogen-bond donors (Lipinski definition) is 0. The highest BCUT2D eigenvalue weighted by atomic mass is 79.9. The molecule has 0 saturated heterocycles. The molecule has 0 unspecified atom stereocenters. The molecule has 3 nitrogen and oxygen atoms in total. The Kier molecular flexibility index (Phi) is 5.90. The lowest BCUT2D eigenvalue weighted by Gasteiger charge is -2.04. The molecule has 1 aliphatic rings. The minimum Gasteiger partial charge on any atom is -0.422 e. The molecule has 0 atom stereocenters. The van der Waals surface area contributed by atoms with Gasteiger partial charge < -0.3 is 12.5 Å². The molecule has 0 bridgehead atoms. The van der Waals surface area contributed by atoms with Gasteiger partial charge in [0.2, 0.25) is 0 Å². The van der Waals surface area contributed by atoms with E-state index in [0.717, 1.165) is 23.2 Å². The van der Waals surface area contributed by atoms with Crippen LogP contribution in [0.25, 0.3) is 0 Å². The number of aldehydes is 1. The van der Waals surface area contributed by atoms with Gasteiger partial charge in [-0.1, -0.05) is 18.2 Å². The lowest BCUT2D eigenvalue weighted by atomic mass is 10.1. The van der Waals surface area contributed by atoms with Crippen LogP contribution in [0.3, 0.4) is 0 Å². The van der Waals surface area contributed by atoms with Crippen molar-refractivity contribution in [1.29, 1.82) is 0 Å². The average Bonchev–Trinajstić information content (AvgIpc) is 2.43. The van der Waals surface area contributed by atoms with E-state index in [0.29, 0.717) is 19.4 Å². The van der Waals surface area contributed by atoms with Crippen LogP contribution in [-0.4, -0.2) is 12.9 Å². The van der Waals surface area contributed by atoms with Crippen LogP contribution in [0.1, 0.15) is 12.8 Å². The average molecular weight is 338 g/mol. The molecule has 82 valence electrons. The molecule has 0 aromatic rings. The minimum atomic E-state index is 0.416. The van der Waals surface area contributed by atoms with E-state index in [1.54, 1.807) is 0 Å². The van der Waals surface area contributed by atoms with E-state index < -0.39 is 0 Å². The van der Waals surface area contributed by atoms with E-state index in [4.69, 9.17) is 7.66 Å². The Morgan fingerprint density at radius 1 is 1.40 bits per heavy atom. The van der Waals surface area contributed by atoms with Crippen LogP contribution < -0.4 is 0 Å². The number of allylic oxidation sites excluding steroid dienone is 3. The molecule has 5 heteroatoms. The van der Waals surface area contributed by atoms with Crippen LogP contribution in [0.15, 0.2) is 35.1 Å². The molecule has 1 aliphatic carbocycles. The van der Waals surface area contributed by atoms with Crippen molar-refractivity contribution in [3.63, 3.8) is 0 Å². The van der Waals surface area contributed by atoms with Gasteiger partial charge in [0, 0.05) is 18.4 Å². The number of rotatable bonds is 5. The van der Waals surface area contributed by atoms with Crippen LogP contribution in [0.4, 0.5) is 0 Å². The standard InChI is InChI=1S/C10H10Br2O3/c11-14-7-9-3-1-8(5-6-13)2-4-10(9)15-12/h1-3,6H,4-5,7H2. The topological polar surface area (TPSA) is 35.5 Å². The van der Waals surface area contributed by atoms with Gasteiger partial charge in [-0.2, -0.15) is 0 Å². The Hall–Kier alpha value is -0.390. The number of carbonyl (C=O) groups is 1. The zero-order valence-corrected chi connectivity index (χ0v) is 11.1. The smallest absolute Gasteiger partial charge is 0.178 e. The molecule has 0 spiro atoms. The second-order valence-corrected chi connectivity index (χ2v) is 3.75. The van der Waals surface area contributed by atoms with Gasteiger partial charge >= 0.3 is 0 Å². The van der Waals surface area contributed by atoms with Crippen molar-refractivity contribution in [3.8, 4) is 0 Å². The first-order chi connectivity index (χ1) is 7.31. The third kappa shape index (κ3) is 3.93. The summed E-state index contributed by atoms with van der Waals surface area (Å²) in [5.41, 5.74) is 1.91. The second kappa shape index (κ2) is 6.98. The van der Waals surface area contributed by atoms with Gasteiger partial charge in [-0.3, -0.25) is 0 Å². The quantitative estimate of drug-likeness (QED) is 0.721. The third-order valence-corrected chi connectivity index (χ3v) is 2.65. The molecule has 0 radical (unpaired) electrons. The summed E-state index contributed by atoms with van der Waals surface area (Å²) in [5.74, 6) is 0.784. The van der Waals surface area contributed by atoms with Crippen LogP contribution in [-0.2, 0) is 12.5 Å². The fourth-order valence-corrected chi connectivity index (χ4v) is 1.83. The molecular formula is C10H10Br2O3. The van der Waals surface area contributed by atoms with Crippen molar-refractivity contribution in [1.82, 2.24) is 0 Å². The predicted molar refractivity (Wildman–Crippen MR) is 64.4 cm³/mol. The Bertz CT molecular complexity index is 319. The first kappa shape index (κ1) is 12.7. The van der Waals surface area contributed by atoms with Gasteiger partial charge in [-0.15, -0.1) is 0 Å². The van der Waals surface area contributed by atoms with Crippen molar-refractivity contribution in [2.24, 2.45) is 0 Å². The minimum absolute atomic E-state index is 0.416. The molecule has 0 aromatic carbocycles. The summed E-state index contributed by atoms with van der Waals surface area (Å²) in [4.78, 5) is 10.4. The van der Waals surface area contributed by atoms with Gasteiger partial charge in [0.15, 0.2) is 16.3 Å². The third-order valence-electron chi connectivity index (χ3n) is 2.03. The summed E-state index contributed by atoms with van der Waals surface area (Å²) in [7, 11) is 0. The molecule has 1 rings (SSSR count). The van der Waals surface area contributed by atoms with Crippen molar-refractivity contribution >= 4 is 38.8 Å². The zero-order chi connectivity index (χ0) is 11.1. The van der Waals surface area contributed by atoms with Crippen LogP contribution in [0.5, 0.6) is 0 Å². The van der Waals surface area contributed by atoms with E-state index >= 15 is 0 Å². The highest BCUT2D eigenvalue weighted by molar-refractivity contribution is 9.06. The highest BCUT2D eigenvalue weighted by Crippen LogP contribution is 2.22. The van der Waals surface area contributed by atoms with Crippen molar-refractivity contribution in [3.05, 3.63) is 35.1 Å². The molecule has 0 aromatic heterocycles. The lowest BCUT2D eigenvalue weighted by molar-refractivity contribution is -0.107. The normalized spacial score (nSPS) is 16.0. The fourth-order valence-electron chi connectivity index (χ4n) is 1.24. The molecule has 0 saturated carbocycles. The summed E-state index contributed by atoms with van der Waals surface area (Å²) in [5, 5.41) is 0. The Morgan fingerprint density at radius 2 is 2.20 bits per heavy atom. The van der Waals surface area contributed by atoms with E-state index in [9.17, 15) is 4.79 Å². The van der Waals surface area contributed by atoms with Crippen LogP contribution >= 0.6 is 32.5 Å². The predicted octanol–water partition coefficient (Wildman–Crippen LogP) is 3.37. The number of hydrogen-bond acceptors (Lipinski definition) is 3. The van der Waals surface area contributed by atoms with Gasteiger partial charge in [0.25, 0.3) is 0 Å². The highest BCUT2D eigenvalue weighted by Gasteiger charge is 2.08. The van der Waals surface area contributed by atoms with Gasteiger partial charge in [0.05, 0.1) is 22.9 Å². The van der Waals surface area contributed by atoms with Gasteiger partial charge in [0.1, 0.15) is 12.0 Å². The molecule has 0 fully saturated rings. The first-order valence-corrected chi connectivity index (χ1v) is 5.66. The van der Waals surface area contributed by atoms with E-state index in [2.05, 4.69) is 32.5 Å².